The Balaban J connectivity index is 1.79. The summed E-state index contributed by atoms with van der Waals surface area (Å²) < 4.78 is 27.3. The molecule has 0 saturated heterocycles. The van der Waals surface area contributed by atoms with Gasteiger partial charge in [-0.25, -0.2) is 18.7 Å². The van der Waals surface area contributed by atoms with Crippen LogP contribution in [0, 0.1) is 11.6 Å². The first-order chi connectivity index (χ1) is 12.0. The fraction of sp³-hybridized carbons (Fsp3) is 0. The van der Waals surface area contributed by atoms with Gasteiger partial charge >= 0.3 is 0 Å². The van der Waals surface area contributed by atoms with Crippen molar-refractivity contribution in [3.05, 3.63) is 77.1 Å². The lowest BCUT2D eigenvalue weighted by Crippen LogP contribution is -2.15. The molecule has 0 unspecified atom stereocenters. The first-order valence-electron chi connectivity index (χ1n) is 7.14. The number of para-hydroxylation sites is 1. The highest BCUT2D eigenvalue weighted by atomic mass is 35.5. The number of aromatic nitrogens is 2. The Kier molecular flexibility index (Phi) is 4.85. The second kappa shape index (κ2) is 7.23. The minimum atomic E-state index is -0.792. The summed E-state index contributed by atoms with van der Waals surface area (Å²) in [6.45, 7) is 0. The van der Waals surface area contributed by atoms with Crippen LogP contribution >= 0.6 is 11.6 Å². The third-order valence-corrected chi connectivity index (χ3v) is 3.44. The van der Waals surface area contributed by atoms with Crippen LogP contribution in [-0.4, -0.2) is 15.9 Å². The molecule has 1 heterocycles. The minimum absolute atomic E-state index is 0.0317. The summed E-state index contributed by atoms with van der Waals surface area (Å²) in [4.78, 5) is 20.1. The summed E-state index contributed by atoms with van der Waals surface area (Å²) in [5, 5.41) is 5.61. The number of carbonyl (C=O) groups excluding carboxylic acids is 1. The number of hydrogen-bond donors (Lipinski definition) is 2. The molecule has 3 rings (SSSR count). The second-order valence-electron chi connectivity index (χ2n) is 4.95. The molecule has 5 nitrogen and oxygen atoms in total. The highest BCUT2D eigenvalue weighted by molar-refractivity contribution is 6.30. The number of benzene rings is 2. The zero-order chi connectivity index (χ0) is 17.8. The Morgan fingerprint density at radius 3 is 2.36 bits per heavy atom. The standard InChI is InChI=1S/C17H11ClF2N4O/c18-10-4-6-11(7-5-10)22-16(25)14-8-9-21-17(23-14)24-15-12(19)2-1-3-13(15)20/h1-9H,(H,22,25)(H,21,23,24). The van der Waals surface area contributed by atoms with Gasteiger partial charge in [0.25, 0.3) is 5.91 Å². The van der Waals surface area contributed by atoms with Crippen LogP contribution in [0.5, 0.6) is 0 Å². The fourth-order valence-electron chi connectivity index (χ4n) is 2.00. The van der Waals surface area contributed by atoms with Gasteiger partial charge in [0, 0.05) is 16.9 Å². The SMILES string of the molecule is O=C(Nc1ccc(Cl)cc1)c1ccnc(Nc2c(F)cccc2F)n1. The monoisotopic (exact) mass is 360 g/mol. The van der Waals surface area contributed by atoms with Gasteiger partial charge in [-0.3, -0.25) is 4.79 Å². The molecule has 2 aromatic carbocycles. The van der Waals surface area contributed by atoms with Gasteiger partial charge < -0.3 is 10.6 Å². The highest BCUT2D eigenvalue weighted by Gasteiger charge is 2.13. The van der Waals surface area contributed by atoms with Gasteiger partial charge in [-0.2, -0.15) is 0 Å². The van der Waals surface area contributed by atoms with E-state index in [9.17, 15) is 13.6 Å². The predicted molar refractivity (Wildman–Crippen MR) is 91.1 cm³/mol. The van der Waals surface area contributed by atoms with Gasteiger partial charge in [-0.1, -0.05) is 17.7 Å². The van der Waals surface area contributed by atoms with Crippen LogP contribution in [0.3, 0.4) is 0 Å². The van der Waals surface area contributed by atoms with Gasteiger partial charge in [0.15, 0.2) is 0 Å². The van der Waals surface area contributed by atoms with Crippen molar-refractivity contribution >= 4 is 34.8 Å². The van der Waals surface area contributed by atoms with Gasteiger partial charge in [-0.15, -0.1) is 0 Å². The molecule has 0 atom stereocenters. The van der Waals surface area contributed by atoms with Gasteiger partial charge in [0.05, 0.1) is 0 Å². The molecule has 8 heteroatoms. The molecule has 3 aromatic rings. The summed E-state index contributed by atoms with van der Waals surface area (Å²) in [5.41, 5.74) is 0.171. The van der Waals surface area contributed by atoms with Crippen molar-refractivity contribution in [3.8, 4) is 0 Å². The van der Waals surface area contributed by atoms with E-state index in [4.69, 9.17) is 11.6 Å². The lowest BCUT2D eigenvalue weighted by molar-refractivity contribution is 0.102. The zero-order valence-corrected chi connectivity index (χ0v) is 13.4. The van der Waals surface area contributed by atoms with Crippen molar-refractivity contribution in [1.82, 2.24) is 9.97 Å². The van der Waals surface area contributed by atoms with E-state index in [1.165, 1.54) is 18.3 Å². The number of halogens is 3. The second-order valence-corrected chi connectivity index (χ2v) is 5.38. The molecule has 0 bridgehead atoms. The van der Waals surface area contributed by atoms with Crippen molar-refractivity contribution < 1.29 is 13.6 Å². The molecule has 0 saturated carbocycles. The van der Waals surface area contributed by atoms with E-state index in [0.29, 0.717) is 10.7 Å². The van der Waals surface area contributed by atoms with E-state index in [1.54, 1.807) is 24.3 Å². The molecule has 2 N–H and O–H groups in total. The first-order valence-corrected chi connectivity index (χ1v) is 7.52. The van der Waals surface area contributed by atoms with Crippen molar-refractivity contribution in [2.45, 2.75) is 0 Å². The highest BCUT2D eigenvalue weighted by Crippen LogP contribution is 2.21. The molecular weight excluding hydrogens is 350 g/mol. The normalized spacial score (nSPS) is 10.4. The van der Waals surface area contributed by atoms with E-state index in [-0.39, 0.29) is 11.6 Å². The fourth-order valence-corrected chi connectivity index (χ4v) is 2.13. The lowest BCUT2D eigenvalue weighted by atomic mass is 10.3. The molecule has 1 amide bonds. The number of nitrogens with zero attached hydrogens (tertiary/aromatic N) is 2. The van der Waals surface area contributed by atoms with Crippen LogP contribution in [0.4, 0.5) is 26.1 Å². The maximum absolute atomic E-state index is 13.7. The summed E-state index contributed by atoms with van der Waals surface area (Å²) in [6, 6.07) is 11.4. The number of amides is 1. The largest absolute Gasteiger partial charge is 0.321 e. The van der Waals surface area contributed by atoms with Crippen LogP contribution in [-0.2, 0) is 0 Å². The molecule has 0 spiro atoms. The molecule has 0 radical (unpaired) electrons. The zero-order valence-electron chi connectivity index (χ0n) is 12.6. The van der Waals surface area contributed by atoms with E-state index in [1.807, 2.05) is 0 Å². The van der Waals surface area contributed by atoms with Crippen LogP contribution < -0.4 is 10.6 Å². The third-order valence-electron chi connectivity index (χ3n) is 3.19. The number of hydrogen-bond acceptors (Lipinski definition) is 4. The van der Waals surface area contributed by atoms with Gasteiger partial charge in [-0.05, 0) is 42.5 Å². The van der Waals surface area contributed by atoms with E-state index in [2.05, 4.69) is 20.6 Å². The van der Waals surface area contributed by atoms with Gasteiger partial charge in [0.1, 0.15) is 23.0 Å². The molecule has 0 aliphatic heterocycles. The number of carbonyl (C=O) groups is 1. The predicted octanol–water partition coefficient (Wildman–Crippen LogP) is 4.40. The maximum atomic E-state index is 13.7. The summed E-state index contributed by atoms with van der Waals surface area (Å²) in [7, 11) is 0. The lowest BCUT2D eigenvalue weighted by Gasteiger charge is -2.09. The molecule has 126 valence electrons. The van der Waals surface area contributed by atoms with Crippen molar-refractivity contribution in [3.63, 3.8) is 0 Å². The smallest absolute Gasteiger partial charge is 0.274 e. The summed E-state index contributed by atoms with van der Waals surface area (Å²) in [6.07, 6.45) is 1.31. The average Bonchev–Trinajstić information content (AvgIpc) is 2.60. The maximum Gasteiger partial charge on any atom is 0.274 e. The Bertz CT molecular complexity index is 899. The van der Waals surface area contributed by atoms with Gasteiger partial charge in [0.2, 0.25) is 5.95 Å². The summed E-state index contributed by atoms with van der Waals surface area (Å²) in [5.74, 6) is -2.19. The van der Waals surface area contributed by atoms with Crippen molar-refractivity contribution in [1.29, 1.82) is 0 Å². The average molecular weight is 361 g/mol. The summed E-state index contributed by atoms with van der Waals surface area (Å²) >= 11 is 5.79. The topological polar surface area (TPSA) is 66.9 Å². The molecule has 1 aromatic heterocycles. The molecule has 25 heavy (non-hydrogen) atoms. The Morgan fingerprint density at radius 1 is 1.00 bits per heavy atom. The molecule has 0 aliphatic carbocycles. The minimum Gasteiger partial charge on any atom is -0.321 e. The first kappa shape index (κ1) is 16.8. The van der Waals surface area contributed by atoms with E-state index >= 15 is 0 Å². The van der Waals surface area contributed by atoms with E-state index < -0.39 is 23.2 Å². The van der Waals surface area contributed by atoms with Crippen LogP contribution in [0.25, 0.3) is 0 Å². The number of anilines is 3. The third kappa shape index (κ3) is 4.07. The number of rotatable bonds is 4. The van der Waals surface area contributed by atoms with Crippen LogP contribution in [0.2, 0.25) is 5.02 Å². The molecular formula is C17H11ClF2N4O. The molecule has 0 fully saturated rings. The molecule has 0 aliphatic rings. The van der Waals surface area contributed by atoms with E-state index in [0.717, 1.165) is 12.1 Å². The number of nitrogens with one attached hydrogen (secondary N) is 2. The van der Waals surface area contributed by atoms with Crippen LogP contribution in [0.1, 0.15) is 10.5 Å². The van der Waals surface area contributed by atoms with Crippen molar-refractivity contribution in [2.24, 2.45) is 0 Å². The van der Waals surface area contributed by atoms with Crippen molar-refractivity contribution in [2.75, 3.05) is 10.6 Å². The Morgan fingerprint density at radius 2 is 1.68 bits per heavy atom. The van der Waals surface area contributed by atoms with Crippen LogP contribution in [0.15, 0.2) is 54.7 Å². The quantitative estimate of drug-likeness (QED) is 0.723. The Hall–Kier alpha value is -3.06. The Labute approximate surface area is 146 Å².